The maximum atomic E-state index is 14.4. The number of methoxy groups -OCH3 is 1. The molecular weight excluding hydrogens is 229 g/mol. The Morgan fingerprint density at radius 3 is 2.50 bits per heavy atom. The van der Waals surface area contributed by atoms with Crippen molar-refractivity contribution >= 4 is 0 Å². The molecule has 1 aromatic rings. The van der Waals surface area contributed by atoms with Gasteiger partial charge >= 0.3 is 0 Å². The van der Waals surface area contributed by atoms with E-state index in [9.17, 15) is 4.39 Å². The number of rotatable bonds is 2. The average Bonchev–Trinajstić information content (AvgIpc) is 2.33. The Balaban J connectivity index is 2.52. The van der Waals surface area contributed by atoms with Crippen molar-refractivity contribution < 1.29 is 9.13 Å². The summed E-state index contributed by atoms with van der Waals surface area (Å²) >= 11 is 0. The number of ether oxygens (including phenoxy) is 1. The quantitative estimate of drug-likeness (QED) is 0.871. The van der Waals surface area contributed by atoms with E-state index >= 15 is 0 Å². The highest BCUT2D eigenvalue weighted by Gasteiger charge is 2.46. The zero-order valence-corrected chi connectivity index (χ0v) is 11.4. The standard InChI is InChI=1S/C15H22FNO/c1-14(2)9-4-5-10-15(14,17)11-7-6-8-12(18-3)13(11)16/h6-8H,4-5,9-10,17H2,1-3H3. The van der Waals surface area contributed by atoms with Crippen molar-refractivity contribution in [1.29, 1.82) is 0 Å². The predicted molar refractivity (Wildman–Crippen MR) is 71.1 cm³/mol. The van der Waals surface area contributed by atoms with Crippen LogP contribution in [0.1, 0.15) is 45.1 Å². The highest BCUT2D eigenvalue weighted by atomic mass is 19.1. The molecule has 1 unspecified atom stereocenters. The Kier molecular flexibility index (Phi) is 3.37. The van der Waals surface area contributed by atoms with Crippen LogP contribution in [0, 0.1) is 11.2 Å². The van der Waals surface area contributed by atoms with Crippen LogP contribution < -0.4 is 10.5 Å². The zero-order chi connectivity index (χ0) is 13.4. The summed E-state index contributed by atoms with van der Waals surface area (Å²) in [6.45, 7) is 4.26. The molecule has 0 aliphatic heterocycles. The molecule has 0 saturated heterocycles. The minimum Gasteiger partial charge on any atom is -0.494 e. The topological polar surface area (TPSA) is 35.2 Å². The van der Waals surface area contributed by atoms with Gasteiger partial charge in [0.25, 0.3) is 0 Å². The Bertz CT molecular complexity index is 444. The van der Waals surface area contributed by atoms with Gasteiger partial charge in [0.1, 0.15) is 0 Å². The molecular formula is C15H22FNO. The van der Waals surface area contributed by atoms with E-state index in [-0.39, 0.29) is 17.0 Å². The van der Waals surface area contributed by atoms with Gasteiger partial charge in [-0.25, -0.2) is 4.39 Å². The summed E-state index contributed by atoms with van der Waals surface area (Å²) in [6, 6.07) is 5.25. The molecule has 2 rings (SSSR count). The van der Waals surface area contributed by atoms with Gasteiger partial charge in [-0.15, -0.1) is 0 Å². The van der Waals surface area contributed by atoms with Gasteiger partial charge in [-0.2, -0.15) is 0 Å². The number of halogens is 1. The summed E-state index contributed by atoms with van der Waals surface area (Å²) in [5.41, 5.74) is 6.47. The fourth-order valence-electron chi connectivity index (χ4n) is 3.04. The molecule has 18 heavy (non-hydrogen) atoms. The molecule has 1 fully saturated rings. The fraction of sp³-hybridized carbons (Fsp3) is 0.600. The third-order valence-electron chi connectivity index (χ3n) is 4.49. The van der Waals surface area contributed by atoms with Gasteiger partial charge in [0.05, 0.1) is 7.11 Å². The third-order valence-corrected chi connectivity index (χ3v) is 4.49. The van der Waals surface area contributed by atoms with Crippen molar-refractivity contribution in [1.82, 2.24) is 0 Å². The molecule has 1 saturated carbocycles. The lowest BCUT2D eigenvalue weighted by molar-refractivity contribution is 0.0937. The fourth-order valence-corrected chi connectivity index (χ4v) is 3.04. The Morgan fingerprint density at radius 1 is 1.22 bits per heavy atom. The summed E-state index contributed by atoms with van der Waals surface area (Å²) < 4.78 is 19.5. The lowest BCUT2D eigenvalue weighted by Gasteiger charge is -2.48. The number of nitrogens with two attached hydrogens (primary N) is 1. The second-order valence-electron chi connectivity index (χ2n) is 5.88. The van der Waals surface area contributed by atoms with Crippen molar-refractivity contribution in [2.75, 3.05) is 7.11 Å². The minimum atomic E-state index is -0.607. The summed E-state index contributed by atoms with van der Waals surface area (Å²) in [5.74, 6) is -0.0313. The van der Waals surface area contributed by atoms with Crippen LogP contribution in [0.25, 0.3) is 0 Å². The second kappa shape index (κ2) is 4.54. The first kappa shape index (κ1) is 13.3. The lowest BCUT2D eigenvalue weighted by atomic mass is 9.61. The zero-order valence-electron chi connectivity index (χ0n) is 11.4. The first-order valence-electron chi connectivity index (χ1n) is 6.54. The van der Waals surface area contributed by atoms with E-state index in [4.69, 9.17) is 10.5 Å². The maximum Gasteiger partial charge on any atom is 0.170 e. The third kappa shape index (κ3) is 1.91. The summed E-state index contributed by atoms with van der Waals surface area (Å²) in [7, 11) is 1.48. The molecule has 100 valence electrons. The molecule has 1 atom stereocenters. The lowest BCUT2D eigenvalue weighted by Crippen LogP contribution is -2.52. The molecule has 0 aromatic heterocycles. The van der Waals surface area contributed by atoms with Gasteiger partial charge in [0.15, 0.2) is 11.6 Å². The molecule has 1 aliphatic carbocycles. The van der Waals surface area contributed by atoms with Gasteiger partial charge in [0.2, 0.25) is 0 Å². The highest BCUT2D eigenvalue weighted by Crippen LogP contribution is 2.49. The summed E-state index contributed by atoms with van der Waals surface area (Å²) in [5, 5.41) is 0. The van der Waals surface area contributed by atoms with Crippen molar-refractivity contribution in [2.45, 2.75) is 45.1 Å². The van der Waals surface area contributed by atoms with Gasteiger partial charge in [0, 0.05) is 11.1 Å². The van der Waals surface area contributed by atoms with E-state index in [0.717, 1.165) is 25.7 Å². The van der Waals surface area contributed by atoms with Crippen molar-refractivity contribution in [2.24, 2.45) is 11.1 Å². The number of hydrogen-bond acceptors (Lipinski definition) is 2. The normalized spacial score (nSPS) is 26.9. The smallest absolute Gasteiger partial charge is 0.170 e. The van der Waals surface area contributed by atoms with Gasteiger partial charge in [-0.3, -0.25) is 0 Å². The maximum absolute atomic E-state index is 14.4. The van der Waals surface area contributed by atoms with E-state index in [2.05, 4.69) is 13.8 Å². The number of hydrogen-bond donors (Lipinski definition) is 1. The van der Waals surface area contributed by atoms with Crippen molar-refractivity contribution in [3.05, 3.63) is 29.6 Å². The van der Waals surface area contributed by atoms with Gasteiger partial charge in [-0.05, 0) is 24.3 Å². The molecule has 0 spiro atoms. The van der Waals surface area contributed by atoms with Crippen LogP contribution in [0.2, 0.25) is 0 Å². The molecule has 3 heteroatoms. The van der Waals surface area contributed by atoms with Crippen LogP contribution in [0.15, 0.2) is 18.2 Å². The van der Waals surface area contributed by atoms with Gasteiger partial charge in [-0.1, -0.05) is 38.8 Å². The molecule has 0 amide bonds. The molecule has 0 radical (unpaired) electrons. The van der Waals surface area contributed by atoms with Crippen LogP contribution in [-0.2, 0) is 5.54 Å². The largest absolute Gasteiger partial charge is 0.494 e. The van der Waals surface area contributed by atoms with Gasteiger partial charge < -0.3 is 10.5 Å². The molecule has 2 nitrogen and oxygen atoms in total. The van der Waals surface area contributed by atoms with E-state index in [1.54, 1.807) is 12.1 Å². The second-order valence-corrected chi connectivity index (χ2v) is 5.88. The average molecular weight is 251 g/mol. The molecule has 0 bridgehead atoms. The Hall–Kier alpha value is -1.09. The summed E-state index contributed by atoms with van der Waals surface area (Å²) in [4.78, 5) is 0. The first-order chi connectivity index (χ1) is 8.42. The SMILES string of the molecule is COc1cccc(C2(N)CCCCC2(C)C)c1F. The molecule has 1 aliphatic rings. The number of benzene rings is 1. The Labute approximate surface area is 108 Å². The Morgan fingerprint density at radius 2 is 1.89 bits per heavy atom. The van der Waals surface area contributed by atoms with Crippen LogP contribution in [-0.4, -0.2) is 7.11 Å². The molecule has 2 N–H and O–H groups in total. The van der Waals surface area contributed by atoms with Crippen LogP contribution in [0.5, 0.6) is 5.75 Å². The van der Waals surface area contributed by atoms with E-state index < -0.39 is 5.54 Å². The molecule has 0 heterocycles. The van der Waals surface area contributed by atoms with Crippen molar-refractivity contribution in [3.63, 3.8) is 0 Å². The van der Waals surface area contributed by atoms with Crippen LogP contribution >= 0.6 is 0 Å². The first-order valence-corrected chi connectivity index (χ1v) is 6.54. The minimum absolute atomic E-state index is 0.0988. The highest BCUT2D eigenvalue weighted by molar-refractivity contribution is 5.37. The summed E-state index contributed by atoms with van der Waals surface area (Å²) in [6.07, 6.45) is 4.07. The van der Waals surface area contributed by atoms with E-state index in [0.29, 0.717) is 5.56 Å². The predicted octanol–water partition coefficient (Wildman–Crippen LogP) is 3.59. The van der Waals surface area contributed by atoms with Crippen LogP contribution in [0.3, 0.4) is 0 Å². The monoisotopic (exact) mass is 251 g/mol. The van der Waals surface area contributed by atoms with E-state index in [1.165, 1.54) is 7.11 Å². The van der Waals surface area contributed by atoms with E-state index in [1.807, 2.05) is 6.07 Å². The van der Waals surface area contributed by atoms with Crippen molar-refractivity contribution in [3.8, 4) is 5.75 Å². The van der Waals surface area contributed by atoms with Crippen LogP contribution in [0.4, 0.5) is 4.39 Å². The molecule has 1 aromatic carbocycles.